The molecule has 1 saturated carbocycles. The summed E-state index contributed by atoms with van der Waals surface area (Å²) in [5, 5.41) is 23.4. The Morgan fingerprint density at radius 1 is 0.636 bits per heavy atom. The van der Waals surface area contributed by atoms with Gasteiger partial charge in [-0.1, -0.05) is 111 Å². The SMILES string of the molecule is CC(C)CC(C)C.CC1CC(C)N(C)/N=N/N=N1.CC1CCCCCCCCCCC(N=N)C(C)CC1C.CN=[N+]=[N-].[CH3-].[Y].[Y].[Y].[Y].[Y].[Y].[Y].[Y].[Y].[Y].[Y].[Y]. The van der Waals surface area contributed by atoms with E-state index in [1.54, 1.807) is 5.01 Å². The zero-order valence-electron chi connectivity index (χ0n) is 37.3. The molecule has 2 aliphatic rings. The fourth-order valence-electron chi connectivity index (χ4n) is 5.53. The molecule has 290 valence electrons. The number of hydrogen-bond acceptors (Lipinski definition) is 8. The molecule has 1 aliphatic carbocycles. The predicted molar refractivity (Wildman–Crippen MR) is 184 cm³/mol. The number of nitrogens with one attached hydrogen (secondary N) is 1. The molecule has 1 N–H and O–H groups in total. The maximum absolute atomic E-state index is 7.47. The molecule has 0 aromatic heterocycles. The van der Waals surface area contributed by atoms with Gasteiger partial charge in [-0.15, -0.1) is 0 Å². The first kappa shape index (κ1) is 107. The van der Waals surface area contributed by atoms with Crippen molar-refractivity contribution in [3.63, 3.8) is 0 Å². The van der Waals surface area contributed by atoms with E-state index in [9.17, 15) is 0 Å². The van der Waals surface area contributed by atoms with Crippen molar-refractivity contribution in [3.8, 4) is 0 Å². The topological polar surface area (TPSA) is 138 Å². The number of nitrogens with zero attached hydrogens (tertiary/aromatic N) is 9. The van der Waals surface area contributed by atoms with Crippen molar-refractivity contribution in [2.45, 2.75) is 164 Å². The third-order valence-corrected chi connectivity index (χ3v) is 8.27. The molecule has 0 aromatic carbocycles. The minimum absolute atomic E-state index is 0. The number of azide groups is 1. The van der Waals surface area contributed by atoms with E-state index in [4.69, 9.17) is 11.1 Å². The van der Waals surface area contributed by atoms with Crippen LogP contribution in [0.25, 0.3) is 10.4 Å². The van der Waals surface area contributed by atoms with E-state index in [0.717, 1.165) is 36.5 Å². The van der Waals surface area contributed by atoms with Crippen molar-refractivity contribution >= 4 is 0 Å². The van der Waals surface area contributed by atoms with Crippen LogP contribution in [0.1, 0.15) is 146 Å². The normalized spacial score (nSPS) is 21.7. The Morgan fingerprint density at radius 3 is 1.36 bits per heavy atom. The van der Waals surface area contributed by atoms with Crippen molar-refractivity contribution in [2.24, 2.45) is 60.6 Å². The molecule has 0 spiro atoms. The molecular weight excluding hydrogens is 1600 g/mol. The van der Waals surface area contributed by atoms with Crippen LogP contribution in [0.15, 0.2) is 31.0 Å². The monoisotopic (exact) mass is 1670 g/mol. The quantitative estimate of drug-likeness (QED) is 0.128. The van der Waals surface area contributed by atoms with Crippen molar-refractivity contribution in [1.29, 1.82) is 5.53 Å². The van der Waals surface area contributed by atoms with Gasteiger partial charge in [0.15, 0.2) is 0 Å². The zero-order chi connectivity index (χ0) is 32.3. The summed E-state index contributed by atoms with van der Waals surface area (Å²) in [6.45, 7) is 20.3. The van der Waals surface area contributed by atoms with Gasteiger partial charge >= 0.3 is 0 Å². The summed E-state index contributed by atoms with van der Waals surface area (Å²) in [6, 6.07) is 0.898. The minimum Gasteiger partial charge on any atom is -0.358 e. The first-order valence-corrected chi connectivity index (χ1v) is 16.7. The van der Waals surface area contributed by atoms with Crippen LogP contribution in [0.5, 0.6) is 0 Å². The molecule has 6 unspecified atom stereocenters. The van der Waals surface area contributed by atoms with Crippen LogP contribution in [0, 0.1) is 42.5 Å². The Labute approximate surface area is 643 Å². The number of hydrogen-bond donors (Lipinski definition) is 1. The smallest absolute Gasteiger partial charge is 0.0731 e. The molecule has 10 nitrogen and oxygen atoms in total. The average Bonchev–Trinajstić information content (AvgIpc) is 2.93. The average molecular weight is 1670 g/mol. The van der Waals surface area contributed by atoms with Crippen LogP contribution in [0.4, 0.5) is 0 Å². The van der Waals surface area contributed by atoms with Gasteiger partial charge < -0.3 is 7.43 Å². The van der Waals surface area contributed by atoms with E-state index in [0.29, 0.717) is 12.0 Å². The molecule has 0 saturated heterocycles. The summed E-state index contributed by atoms with van der Waals surface area (Å²) in [4.78, 5) is 2.36. The Kier molecular flexibility index (Phi) is 155. The van der Waals surface area contributed by atoms with Crippen LogP contribution >= 0.6 is 0 Å². The Bertz CT molecular complexity index is 769. The van der Waals surface area contributed by atoms with Crippen LogP contribution in [0.3, 0.4) is 0 Å². The van der Waals surface area contributed by atoms with E-state index in [-0.39, 0.29) is 412 Å². The molecule has 12 radical (unpaired) electrons. The van der Waals surface area contributed by atoms with E-state index < -0.39 is 0 Å². The fourth-order valence-corrected chi connectivity index (χ4v) is 5.53. The molecule has 2 rings (SSSR count). The van der Waals surface area contributed by atoms with Crippen LogP contribution < -0.4 is 0 Å². The van der Waals surface area contributed by atoms with Gasteiger partial charge in [-0.3, -0.25) is 5.01 Å². The Hall–Kier alpha value is 11.2. The second kappa shape index (κ2) is 79.3. The molecular formula is C33H71N10Y12-. The molecule has 0 bridgehead atoms. The second-order valence-corrected chi connectivity index (χ2v) is 13.5. The maximum Gasteiger partial charge on any atom is 0.0731 e. The van der Waals surface area contributed by atoms with Gasteiger partial charge in [0, 0.05) is 418 Å². The summed E-state index contributed by atoms with van der Waals surface area (Å²) in [5.41, 5.74) is 14.8. The number of rotatable bonds is 3. The first-order valence-electron chi connectivity index (χ1n) is 16.7. The predicted octanol–water partition coefficient (Wildman–Crippen LogP) is 12.5. The summed E-state index contributed by atoms with van der Waals surface area (Å²) in [7, 11) is 3.28. The van der Waals surface area contributed by atoms with E-state index in [1.165, 1.54) is 77.7 Å². The molecule has 1 heterocycles. The molecule has 0 amide bonds. The van der Waals surface area contributed by atoms with Crippen molar-refractivity contribution in [1.82, 2.24) is 5.01 Å². The van der Waals surface area contributed by atoms with Crippen molar-refractivity contribution in [2.75, 3.05) is 14.1 Å². The molecule has 6 atom stereocenters. The summed E-state index contributed by atoms with van der Waals surface area (Å²) in [5.74, 6) is 3.93. The summed E-state index contributed by atoms with van der Waals surface area (Å²) >= 11 is 0. The van der Waals surface area contributed by atoms with E-state index in [1.807, 2.05) is 14.0 Å². The molecule has 1 aliphatic heterocycles. The van der Waals surface area contributed by atoms with Gasteiger partial charge in [0.25, 0.3) is 0 Å². The summed E-state index contributed by atoms with van der Waals surface area (Å²) in [6.07, 6.45) is 17.2. The Balaban J connectivity index is -0.0000000309. The maximum atomic E-state index is 7.47. The van der Waals surface area contributed by atoms with Gasteiger partial charge in [-0.2, -0.15) is 10.2 Å². The van der Waals surface area contributed by atoms with Crippen LogP contribution in [-0.4, -0.2) is 37.2 Å². The Morgan fingerprint density at radius 2 is 1.02 bits per heavy atom. The largest absolute Gasteiger partial charge is 0.358 e. The molecule has 55 heavy (non-hydrogen) atoms. The standard InChI is InChI=1S/C18H36N2.C7H16.C6H13N5.CH3N3.CH3.12Y/c1-15-12-10-8-6-4-5-7-9-11-13-18(20-19)17(3)14-16(15)2;1-6(2)5-7(3)4;1-5-4-6(2)11(3)10-9-8-7-5;1-3-4-2;;;;;;;;;;;;;/h15-19H,4-14H2,1-3H3;6-7H,5H2,1-4H3;5-6H,4H2,1-3H3;1H3;1H3;;;;;;;;;;;;/q;;;;-1;;;;;;;;;;;;/b;;8-7?,10-9+;;;;;;;;;;;;;;. The van der Waals surface area contributed by atoms with Crippen LogP contribution in [-0.2, 0) is 393 Å². The third kappa shape index (κ3) is 76.8. The van der Waals surface area contributed by atoms with Gasteiger partial charge in [0.1, 0.15) is 0 Å². The van der Waals surface area contributed by atoms with Gasteiger partial charge in [0.2, 0.25) is 0 Å². The molecule has 22 heteroatoms. The molecule has 0 aromatic rings. The second-order valence-electron chi connectivity index (χ2n) is 13.5. The van der Waals surface area contributed by atoms with Gasteiger partial charge in [-0.25, -0.2) is 5.53 Å². The van der Waals surface area contributed by atoms with Crippen LogP contribution in [0.2, 0.25) is 0 Å². The van der Waals surface area contributed by atoms with E-state index in [2.05, 4.69) is 91.3 Å². The summed E-state index contributed by atoms with van der Waals surface area (Å²) < 4.78 is 0. The van der Waals surface area contributed by atoms with E-state index >= 15 is 0 Å². The van der Waals surface area contributed by atoms with Gasteiger partial charge in [0.05, 0.1) is 12.1 Å². The fraction of sp³-hybridized carbons (Fsp3) is 0.970. The third-order valence-electron chi connectivity index (χ3n) is 8.27. The van der Waals surface area contributed by atoms with Gasteiger partial charge in [-0.05, 0) is 90.3 Å². The molecule has 1 fully saturated rings. The first-order chi connectivity index (χ1) is 19.9. The van der Waals surface area contributed by atoms with Crippen molar-refractivity contribution < 1.29 is 393 Å². The van der Waals surface area contributed by atoms with Crippen molar-refractivity contribution in [3.05, 3.63) is 17.9 Å². The zero-order valence-corrected chi connectivity index (χ0v) is 71.3. The minimum atomic E-state index is 0.